The molecule has 2 aromatic carbocycles. The van der Waals surface area contributed by atoms with Crippen molar-refractivity contribution in [3.05, 3.63) is 65.7 Å². The van der Waals surface area contributed by atoms with Gasteiger partial charge in [0.25, 0.3) is 0 Å². The smallest absolute Gasteiger partial charge is 0.241 e. The molecule has 1 fully saturated rings. The second kappa shape index (κ2) is 6.81. The second-order valence-electron chi connectivity index (χ2n) is 5.89. The van der Waals surface area contributed by atoms with Gasteiger partial charge in [0.15, 0.2) is 6.29 Å². The maximum atomic E-state index is 12.4. The SMILES string of the molecule is Cc1ccc(CC2NNC(N(C)c3ccccc3)NC2=O)cc1. The fraction of sp³-hybridized carbons (Fsp3) is 0.278. The van der Waals surface area contributed by atoms with Crippen LogP contribution in [0.3, 0.4) is 0 Å². The molecular formula is C18H22N4O. The number of nitrogens with one attached hydrogen (secondary N) is 3. The van der Waals surface area contributed by atoms with E-state index in [-0.39, 0.29) is 18.2 Å². The van der Waals surface area contributed by atoms with Crippen LogP contribution < -0.4 is 21.1 Å². The summed E-state index contributed by atoms with van der Waals surface area (Å²) >= 11 is 0. The maximum absolute atomic E-state index is 12.4. The Morgan fingerprint density at radius 2 is 1.70 bits per heavy atom. The van der Waals surface area contributed by atoms with Crippen molar-refractivity contribution in [3.63, 3.8) is 0 Å². The van der Waals surface area contributed by atoms with Crippen LogP contribution in [0.15, 0.2) is 54.6 Å². The largest absolute Gasteiger partial charge is 0.341 e. The normalized spacial score (nSPS) is 20.9. The Balaban J connectivity index is 1.61. The van der Waals surface area contributed by atoms with Gasteiger partial charge in [0.2, 0.25) is 5.91 Å². The van der Waals surface area contributed by atoms with Crippen LogP contribution >= 0.6 is 0 Å². The van der Waals surface area contributed by atoms with Gasteiger partial charge in [0, 0.05) is 12.7 Å². The quantitative estimate of drug-likeness (QED) is 0.802. The number of anilines is 1. The Kier molecular flexibility index (Phi) is 4.60. The molecule has 0 saturated carbocycles. The Labute approximate surface area is 136 Å². The molecule has 5 heteroatoms. The van der Waals surface area contributed by atoms with Gasteiger partial charge >= 0.3 is 0 Å². The molecule has 2 atom stereocenters. The third-order valence-electron chi connectivity index (χ3n) is 4.10. The zero-order valence-electron chi connectivity index (χ0n) is 13.4. The zero-order chi connectivity index (χ0) is 16.2. The topological polar surface area (TPSA) is 56.4 Å². The Morgan fingerprint density at radius 3 is 2.35 bits per heavy atom. The van der Waals surface area contributed by atoms with Crippen LogP contribution in [-0.2, 0) is 11.2 Å². The first-order chi connectivity index (χ1) is 11.1. The number of hydrogen-bond acceptors (Lipinski definition) is 4. The van der Waals surface area contributed by atoms with Crippen LogP contribution in [0.25, 0.3) is 0 Å². The number of hydrogen-bond donors (Lipinski definition) is 3. The fourth-order valence-electron chi connectivity index (χ4n) is 2.63. The van der Waals surface area contributed by atoms with Crippen LogP contribution in [-0.4, -0.2) is 25.3 Å². The number of aryl methyl sites for hydroxylation is 1. The van der Waals surface area contributed by atoms with E-state index in [1.807, 2.05) is 42.3 Å². The Hall–Kier alpha value is -2.37. The van der Waals surface area contributed by atoms with Crippen LogP contribution in [0, 0.1) is 6.92 Å². The van der Waals surface area contributed by atoms with E-state index in [2.05, 4.69) is 47.4 Å². The van der Waals surface area contributed by atoms with E-state index in [4.69, 9.17) is 0 Å². The van der Waals surface area contributed by atoms with Crippen molar-refractivity contribution >= 4 is 11.6 Å². The molecule has 3 N–H and O–H groups in total. The van der Waals surface area contributed by atoms with E-state index >= 15 is 0 Å². The molecule has 1 heterocycles. The van der Waals surface area contributed by atoms with E-state index in [0.29, 0.717) is 6.42 Å². The van der Waals surface area contributed by atoms with Crippen LogP contribution in [0.1, 0.15) is 11.1 Å². The lowest BCUT2D eigenvalue weighted by Crippen LogP contribution is -2.70. The molecule has 0 aliphatic carbocycles. The third-order valence-corrected chi connectivity index (χ3v) is 4.10. The molecule has 1 aliphatic heterocycles. The standard InChI is InChI=1S/C18H22N4O/c1-13-8-10-14(11-9-13)12-16-17(23)19-18(21-20-16)22(2)15-6-4-3-5-7-15/h3-11,16,18,20-21H,12H2,1-2H3,(H,19,23). The first kappa shape index (κ1) is 15.5. The second-order valence-corrected chi connectivity index (χ2v) is 5.89. The third kappa shape index (κ3) is 3.70. The number of rotatable bonds is 4. The van der Waals surface area contributed by atoms with E-state index in [1.165, 1.54) is 5.56 Å². The molecule has 0 radical (unpaired) electrons. The molecule has 0 aromatic heterocycles. The van der Waals surface area contributed by atoms with Crippen molar-refractivity contribution < 1.29 is 4.79 Å². The van der Waals surface area contributed by atoms with Gasteiger partial charge in [-0.1, -0.05) is 48.0 Å². The highest BCUT2D eigenvalue weighted by Gasteiger charge is 2.29. The van der Waals surface area contributed by atoms with Crippen molar-refractivity contribution in [3.8, 4) is 0 Å². The van der Waals surface area contributed by atoms with E-state index < -0.39 is 0 Å². The lowest BCUT2D eigenvalue weighted by Gasteiger charge is -2.37. The van der Waals surface area contributed by atoms with E-state index in [0.717, 1.165) is 11.3 Å². The van der Waals surface area contributed by atoms with Gasteiger partial charge in [-0.15, -0.1) is 0 Å². The van der Waals surface area contributed by atoms with Gasteiger partial charge in [-0.3, -0.25) is 4.79 Å². The van der Waals surface area contributed by atoms with Crippen LogP contribution in [0.2, 0.25) is 0 Å². The van der Waals surface area contributed by atoms with Crippen molar-refractivity contribution in [1.29, 1.82) is 0 Å². The lowest BCUT2D eigenvalue weighted by molar-refractivity contribution is -0.126. The van der Waals surface area contributed by atoms with Crippen LogP contribution in [0.4, 0.5) is 5.69 Å². The lowest BCUT2D eigenvalue weighted by atomic mass is 10.0. The summed E-state index contributed by atoms with van der Waals surface area (Å²) in [6.07, 6.45) is 0.375. The summed E-state index contributed by atoms with van der Waals surface area (Å²) in [5, 5.41) is 3.01. The van der Waals surface area contributed by atoms with Gasteiger partial charge < -0.3 is 10.2 Å². The first-order valence-electron chi connectivity index (χ1n) is 7.78. The minimum atomic E-state index is -0.280. The molecule has 5 nitrogen and oxygen atoms in total. The van der Waals surface area contributed by atoms with Crippen molar-refractivity contribution in [2.24, 2.45) is 0 Å². The highest BCUT2D eigenvalue weighted by atomic mass is 16.2. The number of amides is 1. The van der Waals surface area contributed by atoms with Gasteiger partial charge in [0.05, 0.1) is 0 Å². The predicted molar refractivity (Wildman–Crippen MR) is 91.7 cm³/mol. The van der Waals surface area contributed by atoms with Gasteiger partial charge in [-0.25, -0.2) is 10.9 Å². The predicted octanol–water partition coefficient (Wildman–Crippen LogP) is 1.55. The average molecular weight is 310 g/mol. The zero-order valence-corrected chi connectivity index (χ0v) is 13.4. The number of hydrazine groups is 1. The molecule has 0 bridgehead atoms. The molecule has 120 valence electrons. The minimum Gasteiger partial charge on any atom is -0.341 e. The first-order valence-corrected chi connectivity index (χ1v) is 7.78. The number of nitrogens with zero attached hydrogens (tertiary/aromatic N) is 1. The van der Waals surface area contributed by atoms with Crippen molar-refractivity contribution in [1.82, 2.24) is 16.2 Å². The van der Waals surface area contributed by atoms with Gasteiger partial charge in [0.1, 0.15) is 6.04 Å². The summed E-state index contributed by atoms with van der Waals surface area (Å²) in [5.41, 5.74) is 9.69. The Morgan fingerprint density at radius 1 is 1.00 bits per heavy atom. The minimum absolute atomic E-state index is 0.00268. The highest BCUT2D eigenvalue weighted by Crippen LogP contribution is 2.14. The molecule has 1 amide bonds. The van der Waals surface area contributed by atoms with Crippen molar-refractivity contribution in [2.45, 2.75) is 25.7 Å². The summed E-state index contributed by atoms with van der Waals surface area (Å²) in [7, 11) is 1.94. The number of carbonyl (C=O) groups is 1. The summed E-state index contributed by atoms with van der Waals surface area (Å²) in [4.78, 5) is 14.4. The van der Waals surface area contributed by atoms with E-state index in [9.17, 15) is 4.79 Å². The summed E-state index contributed by atoms with van der Waals surface area (Å²) in [5.74, 6) is -0.00268. The molecule has 1 aliphatic rings. The van der Waals surface area contributed by atoms with E-state index in [1.54, 1.807) is 0 Å². The molecule has 23 heavy (non-hydrogen) atoms. The Bertz CT molecular complexity index is 656. The number of carbonyl (C=O) groups excluding carboxylic acids is 1. The molecular weight excluding hydrogens is 288 g/mol. The van der Waals surface area contributed by atoms with Gasteiger partial charge in [-0.05, 0) is 31.0 Å². The highest BCUT2D eigenvalue weighted by molar-refractivity contribution is 5.83. The summed E-state index contributed by atoms with van der Waals surface area (Å²) in [6, 6.07) is 17.9. The molecule has 1 saturated heterocycles. The molecule has 3 rings (SSSR count). The fourth-order valence-corrected chi connectivity index (χ4v) is 2.63. The number of benzene rings is 2. The number of para-hydroxylation sites is 1. The van der Waals surface area contributed by atoms with Gasteiger partial charge in [-0.2, -0.15) is 0 Å². The average Bonchev–Trinajstić information content (AvgIpc) is 2.59. The summed E-state index contributed by atoms with van der Waals surface area (Å²) < 4.78 is 0. The molecule has 2 unspecified atom stereocenters. The van der Waals surface area contributed by atoms with Crippen molar-refractivity contribution in [2.75, 3.05) is 11.9 Å². The monoisotopic (exact) mass is 310 g/mol. The van der Waals surface area contributed by atoms with Crippen LogP contribution in [0.5, 0.6) is 0 Å². The molecule has 0 spiro atoms. The maximum Gasteiger partial charge on any atom is 0.241 e. The molecule has 2 aromatic rings. The summed E-state index contributed by atoms with van der Waals surface area (Å²) in [6.45, 7) is 2.06.